The van der Waals surface area contributed by atoms with Gasteiger partial charge in [0, 0.05) is 5.02 Å². The van der Waals surface area contributed by atoms with E-state index in [0.29, 0.717) is 23.1 Å². The van der Waals surface area contributed by atoms with Gasteiger partial charge in [-0.05, 0) is 23.8 Å². The van der Waals surface area contributed by atoms with Crippen LogP contribution in [0.25, 0.3) is 0 Å². The Morgan fingerprint density at radius 1 is 1.05 bits per heavy atom. The molecule has 7 heteroatoms. The molecule has 2 aromatic rings. The van der Waals surface area contributed by atoms with Gasteiger partial charge < -0.3 is 21.9 Å². The fourth-order valence-corrected chi connectivity index (χ4v) is 1.88. The lowest BCUT2D eigenvalue weighted by Gasteiger charge is -2.09. The van der Waals surface area contributed by atoms with Gasteiger partial charge in [-0.3, -0.25) is 0 Å². The molecule has 0 aliphatic rings. The van der Waals surface area contributed by atoms with Gasteiger partial charge >= 0.3 is 0 Å². The van der Waals surface area contributed by atoms with Gasteiger partial charge in [0.2, 0.25) is 5.96 Å². The van der Waals surface area contributed by atoms with Crippen LogP contribution in [0.3, 0.4) is 0 Å². The van der Waals surface area contributed by atoms with Crippen LogP contribution in [0, 0.1) is 0 Å². The van der Waals surface area contributed by atoms with Crippen molar-refractivity contribution in [2.75, 3.05) is 0 Å². The van der Waals surface area contributed by atoms with Crippen molar-refractivity contribution >= 4 is 29.2 Å². The summed E-state index contributed by atoms with van der Waals surface area (Å²) >= 11 is 5.97. The first-order valence-electron chi connectivity index (χ1n) is 6.44. The number of nitrogens with zero attached hydrogens (tertiary/aromatic N) is 2. The van der Waals surface area contributed by atoms with Crippen molar-refractivity contribution in [3.05, 3.63) is 59.1 Å². The summed E-state index contributed by atoms with van der Waals surface area (Å²) in [7, 11) is 0. The van der Waals surface area contributed by atoms with E-state index in [0.717, 1.165) is 5.56 Å². The van der Waals surface area contributed by atoms with Crippen molar-refractivity contribution in [2.45, 2.75) is 6.61 Å². The van der Waals surface area contributed by atoms with Crippen molar-refractivity contribution in [3.63, 3.8) is 0 Å². The first-order valence-corrected chi connectivity index (χ1v) is 6.82. The molecular weight excluding hydrogens is 302 g/mol. The molecule has 0 heterocycles. The molecule has 6 N–H and O–H groups in total. The van der Waals surface area contributed by atoms with Gasteiger partial charge in [0.15, 0.2) is 5.96 Å². The summed E-state index contributed by atoms with van der Waals surface area (Å²) in [4.78, 5) is 7.77. The molecule has 0 aliphatic carbocycles. The fourth-order valence-electron chi connectivity index (χ4n) is 1.72. The molecule has 0 saturated heterocycles. The summed E-state index contributed by atoms with van der Waals surface area (Å²) in [5, 5.41) is 0.503. The summed E-state index contributed by atoms with van der Waals surface area (Å²) in [6, 6.07) is 14.8. The Kier molecular flexibility index (Phi) is 5.21. The van der Waals surface area contributed by atoms with E-state index in [1.54, 1.807) is 18.2 Å². The Bertz CT molecular complexity index is 696. The van der Waals surface area contributed by atoms with E-state index in [1.807, 2.05) is 30.3 Å². The number of rotatable bonds is 4. The standard InChI is InChI=1S/C15H16ClN5O/c16-11-6-7-13(22-9-10-4-2-1-3-5-10)12(8-11)20-15(19)21-14(17)18/h1-8H,9H2,(H6,17,18,19,20,21). The molecular formula is C15H16ClN5O. The minimum Gasteiger partial charge on any atom is -0.487 e. The average molecular weight is 318 g/mol. The molecule has 2 aromatic carbocycles. The molecule has 0 aromatic heterocycles. The maximum Gasteiger partial charge on any atom is 0.223 e. The normalized spacial score (nSPS) is 11.0. The molecule has 0 unspecified atom stereocenters. The maximum absolute atomic E-state index is 5.97. The Balaban J connectivity index is 2.22. The van der Waals surface area contributed by atoms with Crippen LogP contribution in [-0.4, -0.2) is 11.9 Å². The highest BCUT2D eigenvalue weighted by molar-refractivity contribution is 6.30. The fraction of sp³-hybridized carbons (Fsp3) is 0.0667. The summed E-state index contributed by atoms with van der Waals surface area (Å²) in [5.74, 6) is 0.281. The van der Waals surface area contributed by atoms with Gasteiger partial charge in [0.25, 0.3) is 0 Å². The lowest BCUT2D eigenvalue weighted by Crippen LogP contribution is -2.26. The van der Waals surface area contributed by atoms with Crippen molar-refractivity contribution in [2.24, 2.45) is 27.2 Å². The maximum atomic E-state index is 5.97. The molecule has 0 atom stereocenters. The first-order chi connectivity index (χ1) is 10.5. The van der Waals surface area contributed by atoms with E-state index < -0.39 is 0 Å². The van der Waals surface area contributed by atoms with Crippen molar-refractivity contribution < 1.29 is 4.74 Å². The number of aliphatic imine (C=N–C) groups is 2. The van der Waals surface area contributed by atoms with Crippen molar-refractivity contribution in [1.82, 2.24) is 0 Å². The second-order valence-electron chi connectivity index (χ2n) is 4.39. The van der Waals surface area contributed by atoms with Gasteiger partial charge in [-0.1, -0.05) is 41.9 Å². The van der Waals surface area contributed by atoms with Crippen LogP contribution in [0.2, 0.25) is 5.02 Å². The van der Waals surface area contributed by atoms with Gasteiger partial charge in [0.1, 0.15) is 18.0 Å². The first kappa shape index (κ1) is 15.7. The highest BCUT2D eigenvalue weighted by atomic mass is 35.5. The predicted octanol–water partition coefficient (Wildman–Crippen LogP) is 2.14. The van der Waals surface area contributed by atoms with E-state index in [-0.39, 0.29) is 11.9 Å². The lowest BCUT2D eigenvalue weighted by atomic mass is 10.2. The Labute approximate surface area is 133 Å². The van der Waals surface area contributed by atoms with E-state index in [2.05, 4.69) is 9.98 Å². The number of ether oxygens (including phenoxy) is 1. The number of guanidine groups is 2. The third kappa shape index (κ3) is 4.68. The lowest BCUT2D eigenvalue weighted by molar-refractivity contribution is 0.307. The summed E-state index contributed by atoms with van der Waals surface area (Å²) < 4.78 is 5.75. The zero-order valence-corrected chi connectivity index (χ0v) is 12.5. The minimum atomic E-state index is -0.171. The van der Waals surface area contributed by atoms with E-state index in [4.69, 9.17) is 33.5 Å². The van der Waals surface area contributed by atoms with E-state index >= 15 is 0 Å². The smallest absolute Gasteiger partial charge is 0.223 e. The number of halogens is 1. The van der Waals surface area contributed by atoms with Gasteiger partial charge in [0.05, 0.1) is 0 Å². The number of hydrogen-bond acceptors (Lipinski definition) is 2. The van der Waals surface area contributed by atoms with Gasteiger partial charge in [-0.15, -0.1) is 0 Å². The van der Waals surface area contributed by atoms with Crippen LogP contribution in [0.4, 0.5) is 5.69 Å². The molecule has 0 radical (unpaired) electrons. The van der Waals surface area contributed by atoms with Crippen molar-refractivity contribution in [3.8, 4) is 5.75 Å². The number of benzene rings is 2. The third-order valence-corrected chi connectivity index (χ3v) is 2.87. The Hall–Kier alpha value is -2.73. The highest BCUT2D eigenvalue weighted by Crippen LogP contribution is 2.31. The summed E-state index contributed by atoms with van der Waals surface area (Å²) in [6.45, 7) is 0.396. The monoisotopic (exact) mass is 317 g/mol. The molecule has 0 fully saturated rings. The van der Waals surface area contributed by atoms with Crippen LogP contribution >= 0.6 is 11.6 Å². The number of hydrogen-bond donors (Lipinski definition) is 3. The zero-order valence-electron chi connectivity index (χ0n) is 11.7. The van der Waals surface area contributed by atoms with Crippen LogP contribution in [0.5, 0.6) is 5.75 Å². The largest absolute Gasteiger partial charge is 0.487 e. The topological polar surface area (TPSA) is 112 Å². The second-order valence-corrected chi connectivity index (χ2v) is 4.83. The van der Waals surface area contributed by atoms with Crippen molar-refractivity contribution in [1.29, 1.82) is 0 Å². The van der Waals surface area contributed by atoms with Gasteiger partial charge in [-0.25, -0.2) is 4.99 Å². The number of nitrogens with two attached hydrogens (primary N) is 3. The Morgan fingerprint density at radius 3 is 2.45 bits per heavy atom. The molecule has 0 amide bonds. The van der Waals surface area contributed by atoms with Crippen LogP contribution < -0.4 is 21.9 Å². The second kappa shape index (κ2) is 7.33. The SMILES string of the molecule is NC(N)=NC(N)=Nc1cc(Cl)ccc1OCc1ccccc1. The zero-order chi connectivity index (χ0) is 15.9. The molecule has 2 rings (SSSR count). The molecule has 0 bridgehead atoms. The van der Waals surface area contributed by atoms with Crippen LogP contribution in [0.1, 0.15) is 5.56 Å². The summed E-state index contributed by atoms with van der Waals surface area (Å²) in [5.41, 5.74) is 17.6. The molecule has 0 aliphatic heterocycles. The quantitative estimate of drug-likeness (QED) is 0.592. The van der Waals surface area contributed by atoms with Crippen LogP contribution in [-0.2, 0) is 6.61 Å². The molecule has 0 saturated carbocycles. The molecule has 114 valence electrons. The predicted molar refractivity (Wildman–Crippen MR) is 89.3 cm³/mol. The highest BCUT2D eigenvalue weighted by Gasteiger charge is 2.05. The molecule has 6 nitrogen and oxygen atoms in total. The molecule has 22 heavy (non-hydrogen) atoms. The van der Waals surface area contributed by atoms with Gasteiger partial charge in [-0.2, -0.15) is 4.99 Å². The minimum absolute atomic E-state index is 0.0770. The average Bonchev–Trinajstić information content (AvgIpc) is 2.46. The van der Waals surface area contributed by atoms with E-state index in [1.165, 1.54) is 0 Å². The Morgan fingerprint density at radius 2 is 1.77 bits per heavy atom. The summed E-state index contributed by atoms with van der Waals surface area (Å²) in [6.07, 6.45) is 0. The van der Waals surface area contributed by atoms with E-state index in [9.17, 15) is 0 Å². The third-order valence-electron chi connectivity index (χ3n) is 2.64. The molecule has 0 spiro atoms. The van der Waals surface area contributed by atoms with Crippen LogP contribution in [0.15, 0.2) is 58.5 Å².